The topological polar surface area (TPSA) is 38.7 Å². The van der Waals surface area contributed by atoms with Crippen LogP contribution >= 0.6 is 0 Å². The van der Waals surface area contributed by atoms with Crippen molar-refractivity contribution in [1.82, 2.24) is 0 Å². The summed E-state index contributed by atoms with van der Waals surface area (Å²) < 4.78 is 37.0. The van der Waals surface area contributed by atoms with Crippen LogP contribution in [-0.2, 0) is 16.1 Å². The molecular weight excluding hydrogens is 278 g/mol. The highest BCUT2D eigenvalue weighted by molar-refractivity contribution is 5.13. The third kappa shape index (κ3) is 8.09. The lowest BCUT2D eigenvalue weighted by Gasteiger charge is -2.22. The SMILES string of the molecule is CCC(C)(O)CCOCC(F)(F)COCc1ccccc1. The van der Waals surface area contributed by atoms with Crippen molar-refractivity contribution in [3.05, 3.63) is 35.9 Å². The van der Waals surface area contributed by atoms with Crippen molar-refractivity contribution < 1.29 is 23.4 Å². The fraction of sp³-hybridized carbons (Fsp3) is 0.625. The van der Waals surface area contributed by atoms with Crippen LogP contribution in [-0.4, -0.2) is 36.5 Å². The van der Waals surface area contributed by atoms with E-state index in [0.29, 0.717) is 12.8 Å². The molecule has 0 heterocycles. The van der Waals surface area contributed by atoms with Crippen LogP contribution in [0, 0.1) is 0 Å². The molecule has 1 N–H and O–H groups in total. The van der Waals surface area contributed by atoms with E-state index in [-0.39, 0.29) is 13.2 Å². The summed E-state index contributed by atoms with van der Waals surface area (Å²) in [5.74, 6) is -3.02. The molecular formula is C16H24F2O3. The molecule has 3 nitrogen and oxygen atoms in total. The van der Waals surface area contributed by atoms with Crippen molar-refractivity contribution in [2.45, 2.75) is 44.8 Å². The number of hydrogen-bond acceptors (Lipinski definition) is 3. The van der Waals surface area contributed by atoms with Crippen molar-refractivity contribution in [3.63, 3.8) is 0 Å². The third-order valence-corrected chi connectivity index (χ3v) is 3.28. The maximum Gasteiger partial charge on any atom is 0.293 e. The van der Waals surface area contributed by atoms with Gasteiger partial charge < -0.3 is 14.6 Å². The molecule has 21 heavy (non-hydrogen) atoms. The van der Waals surface area contributed by atoms with Crippen molar-refractivity contribution in [2.75, 3.05) is 19.8 Å². The highest BCUT2D eigenvalue weighted by Crippen LogP contribution is 2.17. The molecule has 1 aromatic rings. The molecule has 5 heteroatoms. The van der Waals surface area contributed by atoms with E-state index >= 15 is 0 Å². The molecule has 0 fully saturated rings. The Morgan fingerprint density at radius 3 is 2.33 bits per heavy atom. The predicted molar refractivity (Wildman–Crippen MR) is 77.4 cm³/mol. The molecule has 1 aromatic carbocycles. The smallest absolute Gasteiger partial charge is 0.293 e. The van der Waals surface area contributed by atoms with Crippen LogP contribution in [0.4, 0.5) is 8.78 Å². The average Bonchev–Trinajstić information content (AvgIpc) is 2.45. The minimum Gasteiger partial charge on any atom is -0.390 e. The van der Waals surface area contributed by atoms with Crippen LogP contribution in [0.5, 0.6) is 0 Å². The highest BCUT2D eigenvalue weighted by Gasteiger charge is 2.30. The lowest BCUT2D eigenvalue weighted by Crippen LogP contribution is -2.31. The fourth-order valence-electron chi connectivity index (χ4n) is 1.62. The molecule has 1 rings (SSSR count). The minimum atomic E-state index is -3.02. The summed E-state index contributed by atoms with van der Waals surface area (Å²) >= 11 is 0. The number of benzene rings is 1. The zero-order chi connectivity index (χ0) is 15.8. The van der Waals surface area contributed by atoms with Crippen molar-refractivity contribution in [2.24, 2.45) is 0 Å². The summed E-state index contributed by atoms with van der Waals surface area (Å²) in [5, 5.41) is 9.73. The second-order valence-corrected chi connectivity index (χ2v) is 5.49. The molecule has 0 amide bonds. The lowest BCUT2D eigenvalue weighted by molar-refractivity contribution is -0.130. The van der Waals surface area contributed by atoms with Gasteiger partial charge in [-0.05, 0) is 25.3 Å². The highest BCUT2D eigenvalue weighted by atomic mass is 19.3. The van der Waals surface area contributed by atoms with Crippen LogP contribution in [0.25, 0.3) is 0 Å². The number of hydrogen-bond donors (Lipinski definition) is 1. The third-order valence-electron chi connectivity index (χ3n) is 3.28. The first-order valence-electron chi connectivity index (χ1n) is 7.14. The van der Waals surface area contributed by atoms with Crippen LogP contribution in [0.2, 0.25) is 0 Å². The van der Waals surface area contributed by atoms with Gasteiger partial charge in [-0.3, -0.25) is 0 Å². The van der Waals surface area contributed by atoms with Gasteiger partial charge >= 0.3 is 0 Å². The Morgan fingerprint density at radius 1 is 1.10 bits per heavy atom. The molecule has 0 aliphatic carbocycles. The van der Waals surface area contributed by atoms with Gasteiger partial charge in [0.25, 0.3) is 5.92 Å². The fourth-order valence-corrected chi connectivity index (χ4v) is 1.62. The van der Waals surface area contributed by atoms with Crippen LogP contribution < -0.4 is 0 Å². The lowest BCUT2D eigenvalue weighted by atomic mass is 10.0. The van der Waals surface area contributed by atoms with Gasteiger partial charge in [0.05, 0.1) is 12.2 Å². The average molecular weight is 302 g/mol. The number of ether oxygens (including phenoxy) is 2. The zero-order valence-electron chi connectivity index (χ0n) is 12.6. The monoisotopic (exact) mass is 302 g/mol. The van der Waals surface area contributed by atoms with Crippen molar-refractivity contribution >= 4 is 0 Å². The summed E-state index contributed by atoms with van der Waals surface area (Å²) in [4.78, 5) is 0. The Kier molecular flexibility index (Phi) is 7.22. The molecule has 0 saturated carbocycles. The van der Waals surface area contributed by atoms with E-state index in [4.69, 9.17) is 9.47 Å². The molecule has 0 aromatic heterocycles. The van der Waals surface area contributed by atoms with Gasteiger partial charge in [0, 0.05) is 6.61 Å². The van der Waals surface area contributed by atoms with E-state index in [1.54, 1.807) is 6.92 Å². The quantitative estimate of drug-likeness (QED) is 0.673. The summed E-state index contributed by atoms with van der Waals surface area (Å²) in [6.07, 6.45) is 0.900. The van der Waals surface area contributed by atoms with Crippen LogP contribution in [0.3, 0.4) is 0 Å². The van der Waals surface area contributed by atoms with Crippen LogP contribution in [0.1, 0.15) is 32.3 Å². The Bertz CT molecular complexity index is 394. The Labute approximate surface area is 124 Å². The first kappa shape index (κ1) is 18.0. The summed E-state index contributed by atoms with van der Waals surface area (Å²) in [7, 11) is 0. The van der Waals surface area contributed by atoms with E-state index in [2.05, 4.69) is 0 Å². The largest absolute Gasteiger partial charge is 0.390 e. The molecule has 0 radical (unpaired) electrons. The standard InChI is InChI=1S/C16H24F2O3/c1-3-15(2,19)9-10-20-12-16(17,18)13-21-11-14-7-5-4-6-8-14/h4-8,19H,3,9-13H2,1-2H3. The first-order valence-corrected chi connectivity index (χ1v) is 7.14. The maximum atomic E-state index is 13.5. The molecule has 0 aliphatic heterocycles. The normalized spacial score (nSPS) is 14.9. The molecule has 1 atom stereocenters. The summed E-state index contributed by atoms with van der Waals surface area (Å²) in [5.41, 5.74) is -0.00718. The Morgan fingerprint density at radius 2 is 1.71 bits per heavy atom. The van der Waals surface area contributed by atoms with Crippen molar-refractivity contribution in [1.29, 1.82) is 0 Å². The first-order chi connectivity index (χ1) is 9.85. The molecule has 0 saturated heterocycles. The number of halogens is 2. The predicted octanol–water partition coefficient (Wildman–Crippen LogP) is 3.41. The van der Waals surface area contributed by atoms with Gasteiger partial charge in [-0.1, -0.05) is 37.3 Å². The molecule has 0 bridgehead atoms. The van der Waals surface area contributed by atoms with Crippen LogP contribution in [0.15, 0.2) is 30.3 Å². The number of aliphatic hydroxyl groups is 1. The second kappa shape index (κ2) is 8.41. The second-order valence-electron chi connectivity index (χ2n) is 5.49. The van der Waals surface area contributed by atoms with E-state index in [1.807, 2.05) is 37.3 Å². The van der Waals surface area contributed by atoms with Gasteiger partial charge in [-0.15, -0.1) is 0 Å². The van der Waals surface area contributed by atoms with Gasteiger partial charge in [-0.2, -0.15) is 0 Å². The molecule has 1 unspecified atom stereocenters. The molecule has 0 spiro atoms. The van der Waals surface area contributed by atoms with E-state index in [9.17, 15) is 13.9 Å². The summed E-state index contributed by atoms with van der Waals surface area (Å²) in [6.45, 7) is 2.40. The van der Waals surface area contributed by atoms with Gasteiger partial charge in [0.1, 0.15) is 13.2 Å². The Balaban J connectivity index is 2.18. The van der Waals surface area contributed by atoms with Gasteiger partial charge in [0.15, 0.2) is 0 Å². The zero-order valence-corrected chi connectivity index (χ0v) is 12.6. The van der Waals surface area contributed by atoms with E-state index in [1.165, 1.54) is 0 Å². The minimum absolute atomic E-state index is 0.106. The summed E-state index contributed by atoms with van der Waals surface area (Å²) in [6, 6.07) is 9.17. The number of rotatable bonds is 10. The van der Waals surface area contributed by atoms with E-state index in [0.717, 1.165) is 5.56 Å². The van der Waals surface area contributed by atoms with Gasteiger partial charge in [-0.25, -0.2) is 8.78 Å². The molecule has 120 valence electrons. The van der Waals surface area contributed by atoms with E-state index < -0.39 is 24.7 Å². The molecule has 0 aliphatic rings. The van der Waals surface area contributed by atoms with Gasteiger partial charge in [0.2, 0.25) is 0 Å². The number of alkyl halides is 2. The van der Waals surface area contributed by atoms with Crippen molar-refractivity contribution in [3.8, 4) is 0 Å². The maximum absolute atomic E-state index is 13.5. The Hall–Kier alpha value is -1.04.